The first-order valence-corrected chi connectivity index (χ1v) is 4.93. The summed E-state index contributed by atoms with van der Waals surface area (Å²) in [5.74, 6) is 0.586. The van der Waals surface area contributed by atoms with Crippen molar-refractivity contribution in [2.75, 3.05) is 0 Å². The number of hydrogen-bond donors (Lipinski definition) is 0. The van der Waals surface area contributed by atoms with Crippen LogP contribution in [0.1, 0.15) is 26.7 Å². The minimum Gasteiger partial charge on any atom is -0.440 e. The molecular formula is C11H12N2O3. The van der Waals surface area contributed by atoms with E-state index in [1.807, 2.05) is 20.8 Å². The van der Waals surface area contributed by atoms with Crippen LogP contribution in [0, 0.1) is 10.1 Å². The highest BCUT2D eigenvalue weighted by Crippen LogP contribution is 2.27. The summed E-state index contributed by atoms with van der Waals surface area (Å²) >= 11 is 0. The Morgan fingerprint density at radius 1 is 1.38 bits per heavy atom. The fourth-order valence-corrected chi connectivity index (χ4v) is 1.35. The summed E-state index contributed by atoms with van der Waals surface area (Å²) in [6.45, 7) is 5.93. The lowest BCUT2D eigenvalue weighted by molar-refractivity contribution is -0.384. The van der Waals surface area contributed by atoms with Crippen LogP contribution in [-0.2, 0) is 5.41 Å². The average molecular weight is 220 g/mol. The van der Waals surface area contributed by atoms with Gasteiger partial charge in [0.25, 0.3) is 5.69 Å². The molecule has 2 rings (SSSR count). The second-order valence-electron chi connectivity index (χ2n) is 4.68. The molecule has 16 heavy (non-hydrogen) atoms. The second-order valence-corrected chi connectivity index (χ2v) is 4.68. The number of nitro benzene ring substituents is 1. The van der Waals surface area contributed by atoms with Crippen molar-refractivity contribution in [1.29, 1.82) is 0 Å². The Kier molecular flexibility index (Phi) is 2.18. The van der Waals surface area contributed by atoms with Crippen LogP contribution in [0.2, 0.25) is 0 Å². The zero-order chi connectivity index (χ0) is 11.9. The van der Waals surface area contributed by atoms with Gasteiger partial charge >= 0.3 is 0 Å². The minimum atomic E-state index is -0.440. The molecule has 0 fully saturated rings. The monoisotopic (exact) mass is 220 g/mol. The van der Waals surface area contributed by atoms with Crippen molar-refractivity contribution in [3.05, 3.63) is 34.2 Å². The Hall–Kier alpha value is -1.91. The van der Waals surface area contributed by atoms with Gasteiger partial charge in [-0.25, -0.2) is 4.98 Å². The largest absolute Gasteiger partial charge is 0.440 e. The van der Waals surface area contributed by atoms with Crippen LogP contribution in [0.4, 0.5) is 5.69 Å². The lowest BCUT2D eigenvalue weighted by atomic mass is 9.97. The van der Waals surface area contributed by atoms with Gasteiger partial charge in [0.15, 0.2) is 5.58 Å². The standard InChI is InChI=1S/C11H12N2O3/c1-11(2,3)10-12-8-6-7(13(14)15)4-5-9(8)16-10/h4-6H,1-3H3. The first-order chi connectivity index (χ1) is 7.38. The summed E-state index contributed by atoms with van der Waals surface area (Å²) in [5, 5.41) is 10.6. The van der Waals surface area contributed by atoms with Gasteiger partial charge in [-0.1, -0.05) is 20.8 Å². The highest BCUT2D eigenvalue weighted by atomic mass is 16.6. The van der Waals surface area contributed by atoms with Crippen molar-refractivity contribution < 1.29 is 9.34 Å². The molecule has 1 aromatic heterocycles. The normalized spacial score (nSPS) is 11.9. The second kappa shape index (κ2) is 3.30. The van der Waals surface area contributed by atoms with Gasteiger partial charge in [0.2, 0.25) is 5.89 Å². The number of hydrogen-bond acceptors (Lipinski definition) is 4. The van der Waals surface area contributed by atoms with Crippen molar-refractivity contribution in [2.24, 2.45) is 0 Å². The van der Waals surface area contributed by atoms with E-state index in [2.05, 4.69) is 4.98 Å². The highest BCUT2D eigenvalue weighted by Gasteiger charge is 2.21. The summed E-state index contributed by atoms with van der Waals surface area (Å²) in [5.41, 5.74) is 0.935. The fraction of sp³-hybridized carbons (Fsp3) is 0.364. The molecule has 2 aromatic rings. The van der Waals surface area contributed by atoms with Crippen LogP contribution in [-0.4, -0.2) is 9.91 Å². The molecule has 0 aliphatic rings. The Bertz CT molecular complexity index is 552. The molecule has 0 unspecified atom stereocenters. The van der Waals surface area contributed by atoms with Gasteiger partial charge in [-0.3, -0.25) is 10.1 Å². The molecule has 84 valence electrons. The maximum atomic E-state index is 10.6. The smallest absolute Gasteiger partial charge is 0.271 e. The molecule has 0 amide bonds. The van der Waals surface area contributed by atoms with Gasteiger partial charge in [0, 0.05) is 17.5 Å². The van der Waals surface area contributed by atoms with Crippen LogP contribution >= 0.6 is 0 Å². The number of fused-ring (bicyclic) bond motifs is 1. The summed E-state index contributed by atoms with van der Waals surface area (Å²) in [6.07, 6.45) is 0. The van der Waals surface area contributed by atoms with E-state index in [1.54, 1.807) is 6.07 Å². The molecular weight excluding hydrogens is 208 g/mol. The SMILES string of the molecule is CC(C)(C)c1nc2cc([N+](=O)[O-])ccc2o1. The van der Waals surface area contributed by atoms with Crippen molar-refractivity contribution in [3.63, 3.8) is 0 Å². The molecule has 5 heteroatoms. The number of benzene rings is 1. The topological polar surface area (TPSA) is 69.2 Å². The van der Waals surface area contributed by atoms with E-state index in [9.17, 15) is 10.1 Å². The average Bonchev–Trinajstić information content (AvgIpc) is 2.58. The Morgan fingerprint density at radius 3 is 2.62 bits per heavy atom. The summed E-state index contributed by atoms with van der Waals surface area (Å²) in [7, 11) is 0. The van der Waals surface area contributed by atoms with Gasteiger partial charge in [0.05, 0.1) is 4.92 Å². The van der Waals surface area contributed by atoms with E-state index in [-0.39, 0.29) is 11.1 Å². The Balaban J connectivity index is 2.59. The molecule has 0 aliphatic carbocycles. The number of nitro groups is 1. The molecule has 5 nitrogen and oxygen atoms in total. The van der Waals surface area contributed by atoms with Gasteiger partial charge < -0.3 is 4.42 Å². The Morgan fingerprint density at radius 2 is 2.06 bits per heavy atom. The van der Waals surface area contributed by atoms with Gasteiger partial charge in [-0.2, -0.15) is 0 Å². The third-order valence-electron chi connectivity index (χ3n) is 2.22. The molecule has 0 saturated carbocycles. The van der Waals surface area contributed by atoms with Crippen molar-refractivity contribution in [1.82, 2.24) is 4.98 Å². The summed E-state index contributed by atoms with van der Waals surface area (Å²) < 4.78 is 5.53. The zero-order valence-electron chi connectivity index (χ0n) is 9.35. The first kappa shape index (κ1) is 10.6. The predicted octanol–water partition coefficient (Wildman–Crippen LogP) is 3.03. The van der Waals surface area contributed by atoms with Crippen LogP contribution in [0.3, 0.4) is 0 Å². The van der Waals surface area contributed by atoms with E-state index in [1.165, 1.54) is 12.1 Å². The van der Waals surface area contributed by atoms with E-state index < -0.39 is 4.92 Å². The predicted molar refractivity (Wildman–Crippen MR) is 59.4 cm³/mol. The molecule has 1 heterocycles. The van der Waals surface area contributed by atoms with Crippen LogP contribution in [0.15, 0.2) is 22.6 Å². The molecule has 0 N–H and O–H groups in total. The molecule has 0 bridgehead atoms. The third-order valence-corrected chi connectivity index (χ3v) is 2.22. The molecule has 0 spiro atoms. The zero-order valence-corrected chi connectivity index (χ0v) is 9.35. The maximum Gasteiger partial charge on any atom is 0.271 e. The molecule has 0 saturated heterocycles. The number of oxazole rings is 1. The van der Waals surface area contributed by atoms with Crippen LogP contribution < -0.4 is 0 Å². The summed E-state index contributed by atoms with van der Waals surface area (Å²) in [4.78, 5) is 14.4. The molecule has 1 aromatic carbocycles. The van der Waals surface area contributed by atoms with E-state index in [0.717, 1.165) is 0 Å². The molecule has 0 radical (unpaired) electrons. The lowest BCUT2D eigenvalue weighted by Gasteiger charge is -2.11. The quantitative estimate of drug-likeness (QED) is 0.547. The van der Waals surface area contributed by atoms with Crippen molar-refractivity contribution in [3.8, 4) is 0 Å². The molecule has 0 aliphatic heterocycles. The third kappa shape index (κ3) is 1.76. The number of rotatable bonds is 1. The van der Waals surface area contributed by atoms with Crippen LogP contribution in [0.5, 0.6) is 0 Å². The van der Waals surface area contributed by atoms with E-state index in [4.69, 9.17) is 4.42 Å². The summed E-state index contributed by atoms with van der Waals surface area (Å²) in [6, 6.07) is 4.42. The van der Waals surface area contributed by atoms with E-state index >= 15 is 0 Å². The van der Waals surface area contributed by atoms with Gasteiger partial charge in [0.1, 0.15) is 5.52 Å². The van der Waals surface area contributed by atoms with Crippen molar-refractivity contribution >= 4 is 16.8 Å². The van der Waals surface area contributed by atoms with E-state index in [0.29, 0.717) is 17.0 Å². The number of nitrogens with zero attached hydrogens (tertiary/aromatic N) is 2. The Labute approximate surface area is 92.2 Å². The lowest BCUT2D eigenvalue weighted by Crippen LogP contribution is -2.10. The van der Waals surface area contributed by atoms with Gasteiger partial charge in [-0.05, 0) is 6.07 Å². The number of non-ortho nitro benzene ring substituents is 1. The maximum absolute atomic E-state index is 10.6. The molecule has 0 atom stereocenters. The first-order valence-electron chi connectivity index (χ1n) is 4.93. The van der Waals surface area contributed by atoms with Crippen LogP contribution in [0.25, 0.3) is 11.1 Å². The highest BCUT2D eigenvalue weighted by molar-refractivity contribution is 5.75. The fourth-order valence-electron chi connectivity index (χ4n) is 1.35. The minimum absolute atomic E-state index is 0.0289. The van der Waals surface area contributed by atoms with Gasteiger partial charge in [-0.15, -0.1) is 0 Å². The van der Waals surface area contributed by atoms with Crippen molar-refractivity contribution in [2.45, 2.75) is 26.2 Å². The number of aromatic nitrogens is 1.